The minimum Gasteiger partial charge on any atom is -0.456 e. The zero-order valence-corrected chi connectivity index (χ0v) is 30.5. The number of ether oxygens (including phenoxy) is 2. The maximum Gasteiger partial charge on any atom is 0.182 e. The topological polar surface area (TPSA) is 127 Å². The van der Waals surface area contributed by atoms with Crippen molar-refractivity contribution in [1.82, 2.24) is 34.3 Å². The Labute approximate surface area is 320 Å². The number of hydrogen-bond donors (Lipinski definition) is 0. The van der Waals surface area contributed by atoms with Gasteiger partial charge >= 0.3 is 0 Å². The molecular weight excluding hydrogens is 723 g/mol. The molecule has 0 aliphatic rings. The zero-order valence-electron chi connectivity index (χ0n) is 29.7. The number of pyridine rings is 2. The smallest absolute Gasteiger partial charge is 0.182 e. The third kappa shape index (κ3) is 5.67. The monoisotopic (exact) mass is 751 g/mol. The van der Waals surface area contributed by atoms with E-state index >= 15 is 0 Å². The Bertz CT molecular complexity index is 3040. The third-order valence-electron chi connectivity index (χ3n) is 9.64. The van der Waals surface area contributed by atoms with Crippen molar-refractivity contribution in [1.29, 1.82) is 0 Å². The summed E-state index contributed by atoms with van der Waals surface area (Å²) < 4.78 is 44.9. The highest BCUT2D eigenvalue weighted by molar-refractivity contribution is 7.91. The predicted molar refractivity (Wildman–Crippen MR) is 216 cm³/mol. The van der Waals surface area contributed by atoms with Crippen molar-refractivity contribution in [2.75, 3.05) is 6.26 Å². The van der Waals surface area contributed by atoms with Gasteiger partial charge in [0.2, 0.25) is 0 Å². The summed E-state index contributed by atoms with van der Waals surface area (Å²) in [4.78, 5) is 13.5. The molecule has 5 heterocycles. The standard InChI is InChI=1S/C44H29N7O4S/c1-56(52,53)43-39(54-29-16-18-33-31-10-2-4-12-35(31)50(37(33)26-29)41-14-6-8-20-45-41)24-28(44-47-22-23-48-49-44)25-40(43)55-30-17-19-34-32-11-3-5-13-36(32)51(38(34)27-30)42-15-7-9-21-46-42/h2-27H,1H3. The van der Waals surface area contributed by atoms with Crippen LogP contribution in [0.3, 0.4) is 0 Å². The number of hydrogen-bond acceptors (Lipinski definition) is 9. The second-order valence-corrected chi connectivity index (χ2v) is 15.1. The van der Waals surface area contributed by atoms with E-state index in [1.807, 2.05) is 109 Å². The van der Waals surface area contributed by atoms with Crippen molar-refractivity contribution in [2.45, 2.75) is 4.90 Å². The van der Waals surface area contributed by atoms with E-state index in [9.17, 15) is 8.42 Å². The van der Waals surface area contributed by atoms with Gasteiger partial charge in [-0.3, -0.25) is 9.13 Å². The van der Waals surface area contributed by atoms with Crippen LogP contribution < -0.4 is 9.47 Å². The summed E-state index contributed by atoms with van der Waals surface area (Å²) >= 11 is 0. The molecule has 10 aromatic rings. The van der Waals surface area contributed by atoms with Crippen LogP contribution >= 0.6 is 0 Å². The molecule has 0 saturated heterocycles. The van der Waals surface area contributed by atoms with Crippen molar-refractivity contribution in [3.63, 3.8) is 0 Å². The Morgan fingerprint density at radius 1 is 0.500 bits per heavy atom. The minimum atomic E-state index is -3.97. The minimum absolute atomic E-state index is 0.0379. The molecular formula is C44H29N7O4S. The number of aromatic nitrogens is 7. The Balaban J connectivity index is 1.15. The van der Waals surface area contributed by atoms with Crippen LogP contribution in [0.2, 0.25) is 0 Å². The number of para-hydroxylation sites is 2. The molecule has 0 bridgehead atoms. The lowest BCUT2D eigenvalue weighted by Crippen LogP contribution is -2.05. The molecule has 0 radical (unpaired) electrons. The summed E-state index contributed by atoms with van der Waals surface area (Å²) in [5.74, 6) is 2.61. The number of rotatable bonds is 8. The quantitative estimate of drug-likeness (QED) is 0.149. The fourth-order valence-electron chi connectivity index (χ4n) is 7.35. The van der Waals surface area contributed by atoms with Gasteiger partial charge in [0, 0.05) is 64.1 Å². The molecule has 12 heteroatoms. The molecule has 11 nitrogen and oxygen atoms in total. The maximum atomic E-state index is 13.8. The van der Waals surface area contributed by atoms with Gasteiger partial charge in [0.1, 0.15) is 23.1 Å². The van der Waals surface area contributed by atoms with Crippen LogP contribution in [0.4, 0.5) is 0 Å². The van der Waals surface area contributed by atoms with E-state index in [0.717, 1.165) is 61.5 Å². The largest absolute Gasteiger partial charge is 0.456 e. The Hall–Kier alpha value is -7.44. The number of nitrogens with zero attached hydrogens (tertiary/aromatic N) is 7. The number of fused-ring (bicyclic) bond motifs is 6. The molecule has 0 fully saturated rings. The molecule has 0 spiro atoms. The molecule has 0 N–H and O–H groups in total. The van der Waals surface area contributed by atoms with Gasteiger partial charge in [-0.25, -0.2) is 23.4 Å². The Morgan fingerprint density at radius 2 is 1.00 bits per heavy atom. The summed E-state index contributed by atoms with van der Waals surface area (Å²) in [6.07, 6.45) is 7.61. The van der Waals surface area contributed by atoms with Crippen LogP contribution in [0, 0.1) is 0 Å². The number of benzene rings is 5. The summed E-state index contributed by atoms with van der Waals surface area (Å²) in [6, 6.07) is 42.2. The molecule has 56 heavy (non-hydrogen) atoms. The lowest BCUT2D eigenvalue weighted by molar-refractivity contribution is 0.436. The number of sulfone groups is 1. The highest BCUT2D eigenvalue weighted by Gasteiger charge is 2.26. The van der Waals surface area contributed by atoms with Crippen molar-refractivity contribution in [3.05, 3.63) is 158 Å². The Kier molecular flexibility index (Phi) is 7.78. The lowest BCUT2D eigenvalue weighted by atomic mass is 10.1. The molecule has 0 aliphatic heterocycles. The molecule has 270 valence electrons. The summed E-state index contributed by atoms with van der Waals surface area (Å²) in [5, 5.41) is 12.3. The van der Waals surface area contributed by atoms with E-state index in [2.05, 4.69) is 46.4 Å². The maximum absolute atomic E-state index is 13.8. The first-order valence-electron chi connectivity index (χ1n) is 17.7. The van der Waals surface area contributed by atoms with Crippen molar-refractivity contribution >= 4 is 53.4 Å². The van der Waals surface area contributed by atoms with E-state index in [1.165, 1.54) is 12.4 Å². The van der Waals surface area contributed by atoms with Crippen LogP contribution in [0.5, 0.6) is 23.0 Å². The first kappa shape index (κ1) is 33.2. The van der Waals surface area contributed by atoms with Gasteiger partial charge in [0.25, 0.3) is 0 Å². The van der Waals surface area contributed by atoms with Gasteiger partial charge in [0.15, 0.2) is 32.1 Å². The molecule has 10 rings (SSSR count). The van der Waals surface area contributed by atoms with Gasteiger partial charge in [-0.2, -0.15) is 5.10 Å². The fourth-order valence-corrected chi connectivity index (χ4v) is 8.28. The summed E-state index contributed by atoms with van der Waals surface area (Å²) in [6.45, 7) is 0. The van der Waals surface area contributed by atoms with Crippen molar-refractivity contribution < 1.29 is 17.9 Å². The first-order valence-corrected chi connectivity index (χ1v) is 19.6. The van der Waals surface area contributed by atoms with Crippen molar-refractivity contribution in [2.24, 2.45) is 0 Å². The van der Waals surface area contributed by atoms with Gasteiger partial charge in [-0.1, -0.05) is 48.5 Å². The molecule has 0 aliphatic carbocycles. The van der Waals surface area contributed by atoms with Crippen LogP contribution in [-0.4, -0.2) is 49.0 Å². The second-order valence-electron chi connectivity index (χ2n) is 13.2. The fraction of sp³-hybridized carbons (Fsp3) is 0.0227. The van der Waals surface area contributed by atoms with E-state index in [1.54, 1.807) is 24.5 Å². The van der Waals surface area contributed by atoms with Crippen LogP contribution in [-0.2, 0) is 9.84 Å². The van der Waals surface area contributed by atoms with Gasteiger partial charge in [-0.05, 0) is 72.8 Å². The van der Waals surface area contributed by atoms with E-state index in [-0.39, 0.29) is 22.2 Å². The molecule has 0 saturated carbocycles. The predicted octanol–water partition coefficient (Wildman–Crippen LogP) is 9.51. The second kappa shape index (κ2) is 13.1. The SMILES string of the molecule is CS(=O)(=O)c1c(Oc2ccc3c4ccccc4n(-c4ccccn4)c3c2)cc(-c2nccnn2)cc1Oc1ccc2c3ccccc3n(-c3ccccn3)c2c1. The lowest BCUT2D eigenvalue weighted by Gasteiger charge is -2.17. The highest BCUT2D eigenvalue weighted by atomic mass is 32.2. The summed E-state index contributed by atoms with van der Waals surface area (Å²) in [7, 11) is -3.97. The Morgan fingerprint density at radius 3 is 1.46 bits per heavy atom. The van der Waals surface area contributed by atoms with Crippen molar-refractivity contribution in [3.8, 4) is 46.0 Å². The average molecular weight is 752 g/mol. The zero-order chi connectivity index (χ0) is 37.8. The van der Waals surface area contributed by atoms with E-state index < -0.39 is 9.84 Å². The highest BCUT2D eigenvalue weighted by Crippen LogP contribution is 2.44. The molecule has 0 unspecified atom stereocenters. The molecule has 0 atom stereocenters. The molecule has 5 aromatic heterocycles. The normalized spacial score (nSPS) is 11.8. The van der Waals surface area contributed by atoms with E-state index in [4.69, 9.17) is 9.47 Å². The van der Waals surface area contributed by atoms with Crippen LogP contribution in [0.1, 0.15) is 0 Å². The van der Waals surface area contributed by atoms with Gasteiger partial charge < -0.3 is 9.47 Å². The first-order chi connectivity index (χ1) is 27.4. The third-order valence-corrected chi connectivity index (χ3v) is 10.8. The van der Waals surface area contributed by atoms with Crippen LogP contribution in [0.15, 0.2) is 163 Å². The van der Waals surface area contributed by atoms with E-state index in [0.29, 0.717) is 17.1 Å². The van der Waals surface area contributed by atoms with Gasteiger partial charge in [0.05, 0.1) is 28.3 Å². The van der Waals surface area contributed by atoms with Crippen LogP contribution in [0.25, 0.3) is 66.6 Å². The molecule has 5 aromatic carbocycles. The summed E-state index contributed by atoms with van der Waals surface area (Å²) in [5.41, 5.74) is 4.07. The van der Waals surface area contributed by atoms with Gasteiger partial charge in [-0.15, -0.1) is 5.10 Å². The average Bonchev–Trinajstić information content (AvgIpc) is 3.73. The molecule has 0 amide bonds.